The number of hydrogen-bond donors (Lipinski definition) is 2. The molecular formula is C20H43IN4O2. The van der Waals surface area contributed by atoms with E-state index in [1.54, 1.807) is 0 Å². The third kappa shape index (κ3) is 12.9. The Kier molecular flexibility index (Phi) is 16.7. The van der Waals surface area contributed by atoms with Crippen LogP contribution >= 0.6 is 24.0 Å². The number of nitrogens with zero attached hydrogens (tertiary/aromatic N) is 2. The number of halogens is 1. The Bertz CT molecular complexity index is 367. The Morgan fingerprint density at radius 1 is 1.07 bits per heavy atom. The van der Waals surface area contributed by atoms with E-state index in [2.05, 4.69) is 48.2 Å². The molecule has 162 valence electrons. The zero-order chi connectivity index (χ0) is 19.2. The largest absolute Gasteiger partial charge is 0.381 e. The lowest BCUT2D eigenvalue weighted by Gasteiger charge is -2.30. The molecule has 0 aromatic heterocycles. The first kappa shape index (κ1) is 26.9. The zero-order valence-corrected chi connectivity index (χ0v) is 20.5. The molecule has 7 heteroatoms. The molecule has 0 radical (unpaired) electrons. The van der Waals surface area contributed by atoms with Crippen LogP contribution in [-0.4, -0.2) is 76.1 Å². The summed E-state index contributed by atoms with van der Waals surface area (Å²) < 4.78 is 11.2. The Balaban J connectivity index is 0.00000676. The summed E-state index contributed by atoms with van der Waals surface area (Å²) >= 11 is 0. The summed E-state index contributed by atoms with van der Waals surface area (Å²) in [5.41, 5.74) is 0. The molecule has 0 aliphatic carbocycles. The van der Waals surface area contributed by atoms with Crippen LogP contribution in [0.4, 0.5) is 0 Å². The van der Waals surface area contributed by atoms with Gasteiger partial charge in [0, 0.05) is 65.2 Å². The number of guanidine groups is 1. The predicted molar refractivity (Wildman–Crippen MR) is 125 cm³/mol. The van der Waals surface area contributed by atoms with Crippen molar-refractivity contribution < 1.29 is 9.47 Å². The molecule has 1 fully saturated rings. The molecule has 2 N–H and O–H groups in total. The maximum atomic E-state index is 5.80. The molecular weight excluding hydrogens is 455 g/mol. The zero-order valence-electron chi connectivity index (χ0n) is 18.1. The number of ether oxygens (including phenoxy) is 2. The molecule has 1 saturated heterocycles. The molecule has 1 heterocycles. The highest BCUT2D eigenvalue weighted by Gasteiger charge is 2.13. The summed E-state index contributed by atoms with van der Waals surface area (Å²) in [4.78, 5) is 6.81. The summed E-state index contributed by atoms with van der Waals surface area (Å²) in [7, 11) is 1.82. The average molecular weight is 498 g/mol. The molecule has 27 heavy (non-hydrogen) atoms. The fraction of sp³-hybridized carbons (Fsp3) is 0.950. The first-order chi connectivity index (χ1) is 12.5. The fourth-order valence-electron chi connectivity index (χ4n) is 3.35. The van der Waals surface area contributed by atoms with Gasteiger partial charge in [0.15, 0.2) is 5.96 Å². The summed E-state index contributed by atoms with van der Waals surface area (Å²) in [6.07, 6.45) is 4.39. The number of nitrogens with one attached hydrogen (secondary N) is 2. The maximum absolute atomic E-state index is 5.80. The van der Waals surface area contributed by atoms with E-state index < -0.39 is 0 Å². The molecule has 0 aromatic rings. The third-order valence-electron chi connectivity index (χ3n) is 4.89. The van der Waals surface area contributed by atoms with Gasteiger partial charge in [0.1, 0.15) is 0 Å². The molecule has 0 amide bonds. The van der Waals surface area contributed by atoms with Crippen LogP contribution in [0.15, 0.2) is 4.99 Å². The lowest BCUT2D eigenvalue weighted by molar-refractivity contribution is 0.0203. The molecule has 6 nitrogen and oxygen atoms in total. The molecule has 0 spiro atoms. The molecule has 0 saturated carbocycles. The molecule has 0 aromatic carbocycles. The van der Waals surface area contributed by atoms with Gasteiger partial charge >= 0.3 is 0 Å². The first-order valence-electron chi connectivity index (χ1n) is 10.4. The highest BCUT2D eigenvalue weighted by atomic mass is 127. The molecule has 0 unspecified atom stereocenters. The molecule has 1 rings (SSSR count). The Morgan fingerprint density at radius 2 is 1.67 bits per heavy atom. The van der Waals surface area contributed by atoms with E-state index in [1.165, 1.54) is 0 Å². The topological polar surface area (TPSA) is 58.1 Å². The summed E-state index contributed by atoms with van der Waals surface area (Å²) in [6, 6.07) is 1.18. The second-order valence-electron chi connectivity index (χ2n) is 7.69. The van der Waals surface area contributed by atoms with E-state index in [0.717, 1.165) is 77.7 Å². The van der Waals surface area contributed by atoms with Crippen molar-refractivity contribution in [1.29, 1.82) is 0 Å². The van der Waals surface area contributed by atoms with E-state index in [9.17, 15) is 0 Å². The van der Waals surface area contributed by atoms with Crippen LogP contribution in [-0.2, 0) is 9.47 Å². The highest BCUT2D eigenvalue weighted by molar-refractivity contribution is 14.0. The highest BCUT2D eigenvalue weighted by Crippen LogP contribution is 2.14. The van der Waals surface area contributed by atoms with Gasteiger partial charge in [0.05, 0.1) is 0 Å². The third-order valence-corrected chi connectivity index (χ3v) is 4.89. The van der Waals surface area contributed by atoms with Crippen LogP contribution in [0.2, 0.25) is 0 Å². The second-order valence-corrected chi connectivity index (χ2v) is 7.69. The first-order valence-corrected chi connectivity index (χ1v) is 10.4. The molecule has 1 aliphatic heterocycles. The van der Waals surface area contributed by atoms with Crippen molar-refractivity contribution in [3.8, 4) is 0 Å². The van der Waals surface area contributed by atoms with Gasteiger partial charge < -0.3 is 20.1 Å². The van der Waals surface area contributed by atoms with Gasteiger partial charge in [-0.15, -0.1) is 24.0 Å². The van der Waals surface area contributed by atoms with Crippen molar-refractivity contribution in [3.05, 3.63) is 0 Å². The summed E-state index contributed by atoms with van der Waals surface area (Å²) in [6.45, 7) is 15.4. The minimum absolute atomic E-state index is 0. The molecule has 1 aliphatic rings. The van der Waals surface area contributed by atoms with Gasteiger partial charge in [0.25, 0.3) is 0 Å². The Hall–Kier alpha value is -0.120. The SMILES string of the molecule is CN=C(NCCCOCC1CCOCC1)NCCCN(C(C)C)C(C)C.I. The lowest BCUT2D eigenvalue weighted by Crippen LogP contribution is -2.41. The maximum Gasteiger partial charge on any atom is 0.190 e. The number of aliphatic imine (C=N–C) groups is 1. The molecule has 0 bridgehead atoms. The van der Waals surface area contributed by atoms with Crippen molar-refractivity contribution >= 4 is 29.9 Å². The van der Waals surface area contributed by atoms with Gasteiger partial charge in [-0.2, -0.15) is 0 Å². The fourth-order valence-corrected chi connectivity index (χ4v) is 3.35. The van der Waals surface area contributed by atoms with Crippen LogP contribution in [0.3, 0.4) is 0 Å². The van der Waals surface area contributed by atoms with Gasteiger partial charge in [-0.05, 0) is 59.3 Å². The standard InChI is InChI=1S/C20H42N4O2.HI/c1-17(2)24(18(3)4)12-6-10-22-20(21-5)23-11-7-13-26-16-19-8-14-25-15-9-19;/h17-19H,6-16H2,1-5H3,(H2,21,22,23);1H. The number of hydrogen-bond acceptors (Lipinski definition) is 4. The van der Waals surface area contributed by atoms with Gasteiger partial charge in [-0.3, -0.25) is 9.89 Å². The Morgan fingerprint density at radius 3 is 2.22 bits per heavy atom. The van der Waals surface area contributed by atoms with Gasteiger partial charge in [-0.25, -0.2) is 0 Å². The summed E-state index contributed by atoms with van der Waals surface area (Å²) in [5, 5.41) is 6.77. The van der Waals surface area contributed by atoms with Gasteiger partial charge in [-0.1, -0.05) is 0 Å². The number of rotatable bonds is 12. The monoisotopic (exact) mass is 498 g/mol. The minimum Gasteiger partial charge on any atom is -0.381 e. The van der Waals surface area contributed by atoms with E-state index >= 15 is 0 Å². The Labute approximate surface area is 184 Å². The van der Waals surface area contributed by atoms with Crippen LogP contribution in [0.5, 0.6) is 0 Å². The van der Waals surface area contributed by atoms with E-state index in [4.69, 9.17) is 9.47 Å². The van der Waals surface area contributed by atoms with E-state index in [-0.39, 0.29) is 24.0 Å². The normalized spacial score (nSPS) is 16.1. The molecule has 0 atom stereocenters. The lowest BCUT2D eigenvalue weighted by atomic mass is 10.0. The average Bonchev–Trinajstić information content (AvgIpc) is 2.62. The van der Waals surface area contributed by atoms with Crippen LogP contribution in [0.25, 0.3) is 0 Å². The quantitative estimate of drug-likeness (QED) is 0.188. The van der Waals surface area contributed by atoms with Crippen molar-refractivity contribution in [2.24, 2.45) is 10.9 Å². The minimum atomic E-state index is 0. The van der Waals surface area contributed by atoms with Crippen LogP contribution in [0.1, 0.15) is 53.4 Å². The second kappa shape index (κ2) is 16.8. The smallest absolute Gasteiger partial charge is 0.190 e. The van der Waals surface area contributed by atoms with Crippen molar-refractivity contribution in [1.82, 2.24) is 15.5 Å². The predicted octanol–water partition coefficient (Wildman–Crippen LogP) is 3.11. The van der Waals surface area contributed by atoms with Gasteiger partial charge in [0.2, 0.25) is 0 Å². The van der Waals surface area contributed by atoms with Crippen LogP contribution in [0, 0.1) is 5.92 Å². The van der Waals surface area contributed by atoms with E-state index in [0.29, 0.717) is 18.0 Å². The van der Waals surface area contributed by atoms with Crippen molar-refractivity contribution in [2.45, 2.75) is 65.5 Å². The summed E-state index contributed by atoms with van der Waals surface area (Å²) in [5.74, 6) is 1.57. The van der Waals surface area contributed by atoms with Crippen molar-refractivity contribution in [2.75, 3.05) is 53.1 Å². The van der Waals surface area contributed by atoms with Crippen LogP contribution < -0.4 is 10.6 Å². The van der Waals surface area contributed by atoms with Crippen molar-refractivity contribution in [3.63, 3.8) is 0 Å². The van der Waals surface area contributed by atoms with E-state index in [1.807, 2.05) is 7.05 Å².